The normalized spacial score (nSPS) is 11.2. The molecular formula is C15H21N3O3. The summed E-state index contributed by atoms with van der Waals surface area (Å²) in [5.74, 6) is -0.748. The average Bonchev–Trinajstić information content (AvgIpc) is 2.39. The first-order valence-corrected chi connectivity index (χ1v) is 6.70. The molecule has 2 N–H and O–H groups in total. The summed E-state index contributed by atoms with van der Waals surface area (Å²) in [6.07, 6.45) is 1.46. The van der Waals surface area contributed by atoms with Gasteiger partial charge < -0.3 is 10.1 Å². The lowest BCUT2D eigenvalue weighted by atomic mass is 10.1. The Morgan fingerprint density at radius 1 is 1.19 bits per heavy atom. The maximum Gasteiger partial charge on any atom is 0.329 e. The monoisotopic (exact) mass is 291 g/mol. The van der Waals surface area contributed by atoms with Crippen LogP contribution in [0, 0.1) is 0 Å². The van der Waals surface area contributed by atoms with Crippen LogP contribution in [0.2, 0.25) is 0 Å². The molecule has 0 saturated carbocycles. The quantitative estimate of drug-likeness (QED) is 0.500. The average molecular weight is 291 g/mol. The van der Waals surface area contributed by atoms with Crippen LogP contribution in [0.3, 0.4) is 0 Å². The van der Waals surface area contributed by atoms with Crippen LogP contribution in [0.4, 0.5) is 0 Å². The molecule has 0 bridgehead atoms. The van der Waals surface area contributed by atoms with Gasteiger partial charge in [-0.1, -0.05) is 0 Å². The fraction of sp³-hybridized carbons (Fsp3) is 0.400. The summed E-state index contributed by atoms with van der Waals surface area (Å²) in [7, 11) is 0. The molecule has 21 heavy (non-hydrogen) atoms. The Morgan fingerprint density at radius 2 is 1.81 bits per heavy atom. The second-order valence-electron chi connectivity index (χ2n) is 5.41. The van der Waals surface area contributed by atoms with Gasteiger partial charge in [0, 0.05) is 5.54 Å². The smallest absolute Gasteiger partial charge is 0.329 e. The number of nitrogens with one attached hydrogen (secondary N) is 2. The molecule has 1 aromatic carbocycles. The predicted molar refractivity (Wildman–Crippen MR) is 81.2 cm³/mol. The van der Waals surface area contributed by atoms with Gasteiger partial charge >= 0.3 is 11.8 Å². The second-order valence-corrected chi connectivity index (χ2v) is 5.41. The van der Waals surface area contributed by atoms with Crippen molar-refractivity contribution in [2.75, 3.05) is 6.61 Å². The summed E-state index contributed by atoms with van der Waals surface area (Å²) in [6.45, 7) is 7.89. The number of hydrogen-bond donors (Lipinski definition) is 2. The van der Waals surface area contributed by atoms with E-state index in [1.54, 1.807) is 45.0 Å². The summed E-state index contributed by atoms with van der Waals surface area (Å²) in [4.78, 5) is 23.0. The zero-order valence-corrected chi connectivity index (χ0v) is 12.8. The fourth-order valence-electron chi connectivity index (χ4n) is 1.43. The highest BCUT2D eigenvalue weighted by Gasteiger charge is 2.19. The van der Waals surface area contributed by atoms with Crippen molar-refractivity contribution < 1.29 is 14.3 Å². The number of carbonyl (C=O) groups excluding carboxylic acids is 2. The Morgan fingerprint density at radius 3 is 2.33 bits per heavy atom. The first-order chi connectivity index (χ1) is 9.81. The second kappa shape index (κ2) is 7.42. The van der Waals surface area contributed by atoms with Gasteiger partial charge in [0.15, 0.2) is 0 Å². The van der Waals surface area contributed by atoms with E-state index in [4.69, 9.17) is 4.74 Å². The van der Waals surface area contributed by atoms with Crippen molar-refractivity contribution in [1.82, 2.24) is 10.7 Å². The number of amides is 2. The molecule has 0 aliphatic heterocycles. The van der Waals surface area contributed by atoms with Crippen molar-refractivity contribution in [2.24, 2.45) is 5.10 Å². The molecule has 0 heterocycles. The molecule has 0 radical (unpaired) electrons. The van der Waals surface area contributed by atoms with Gasteiger partial charge in [0.25, 0.3) is 0 Å². The molecular weight excluding hydrogens is 270 g/mol. The van der Waals surface area contributed by atoms with Gasteiger partial charge in [-0.05, 0) is 57.5 Å². The molecule has 0 spiro atoms. The van der Waals surface area contributed by atoms with Gasteiger partial charge in [0.1, 0.15) is 5.75 Å². The maximum absolute atomic E-state index is 11.5. The van der Waals surface area contributed by atoms with E-state index in [1.807, 2.05) is 6.92 Å². The van der Waals surface area contributed by atoms with Crippen molar-refractivity contribution in [3.63, 3.8) is 0 Å². The molecule has 6 heteroatoms. The summed E-state index contributed by atoms with van der Waals surface area (Å²) in [6, 6.07) is 7.21. The lowest BCUT2D eigenvalue weighted by Gasteiger charge is -2.19. The van der Waals surface area contributed by atoms with Crippen LogP contribution in [-0.2, 0) is 9.59 Å². The zero-order chi connectivity index (χ0) is 15.9. The standard InChI is InChI=1S/C15H21N3O3/c1-5-21-12-8-6-11(7-9-12)10-16-18-14(20)13(19)17-15(2,3)4/h6-10H,5H2,1-4H3,(H,17,19)(H,18,20)/b16-10-. The number of benzene rings is 1. The number of nitrogens with zero attached hydrogens (tertiary/aromatic N) is 1. The summed E-state index contributed by atoms with van der Waals surface area (Å²) in [5, 5.41) is 6.29. The maximum atomic E-state index is 11.5. The third kappa shape index (κ3) is 6.56. The molecule has 0 saturated heterocycles. The van der Waals surface area contributed by atoms with Crippen molar-refractivity contribution in [1.29, 1.82) is 0 Å². The highest BCUT2D eigenvalue weighted by Crippen LogP contribution is 2.10. The molecule has 1 aromatic rings. The Bertz CT molecular complexity index is 516. The predicted octanol–water partition coefficient (Wildman–Crippen LogP) is 1.45. The minimum absolute atomic E-state index is 0.465. The first kappa shape index (κ1) is 16.7. The Hall–Kier alpha value is -2.37. The van der Waals surface area contributed by atoms with E-state index >= 15 is 0 Å². The topological polar surface area (TPSA) is 79.8 Å². The SMILES string of the molecule is CCOc1ccc(/C=N\NC(=O)C(=O)NC(C)(C)C)cc1. The number of hydrogen-bond acceptors (Lipinski definition) is 4. The molecule has 114 valence electrons. The van der Waals surface area contributed by atoms with Gasteiger partial charge in [-0.3, -0.25) is 9.59 Å². The van der Waals surface area contributed by atoms with Gasteiger partial charge in [-0.2, -0.15) is 5.10 Å². The molecule has 0 aromatic heterocycles. The highest BCUT2D eigenvalue weighted by molar-refractivity contribution is 6.35. The summed E-state index contributed by atoms with van der Waals surface area (Å²) < 4.78 is 5.31. The summed E-state index contributed by atoms with van der Waals surface area (Å²) >= 11 is 0. The molecule has 0 aliphatic rings. The third-order valence-corrected chi connectivity index (χ3v) is 2.27. The van der Waals surface area contributed by atoms with Crippen molar-refractivity contribution in [3.8, 4) is 5.75 Å². The van der Waals surface area contributed by atoms with E-state index in [2.05, 4.69) is 15.8 Å². The molecule has 1 rings (SSSR count). The first-order valence-electron chi connectivity index (χ1n) is 6.70. The van der Waals surface area contributed by atoms with E-state index in [9.17, 15) is 9.59 Å². The summed E-state index contributed by atoms with van der Waals surface area (Å²) in [5.41, 5.74) is 2.50. The molecule has 2 amide bonds. The minimum atomic E-state index is -0.799. The van der Waals surface area contributed by atoms with Gasteiger partial charge in [0.2, 0.25) is 0 Å². The van der Waals surface area contributed by atoms with Crippen LogP contribution < -0.4 is 15.5 Å². The molecule has 0 aliphatic carbocycles. The Kier molecular flexibility index (Phi) is 5.90. The van der Waals surface area contributed by atoms with Gasteiger partial charge in [0.05, 0.1) is 12.8 Å². The largest absolute Gasteiger partial charge is 0.494 e. The minimum Gasteiger partial charge on any atom is -0.494 e. The van der Waals surface area contributed by atoms with E-state index in [-0.39, 0.29) is 0 Å². The van der Waals surface area contributed by atoms with E-state index < -0.39 is 17.4 Å². The van der Waals surface area contributed by atoms with Crippen molar-refractivity contribution in [3.05, 3.63) is 29.8 Å². The molecule has 0 fully saturated rings. The molecule has 0 atom stereocenters. The van der Waals surface area contributed by atoms with Crippen LogP contribution in [0.1, 0.15) is 33.3 Å². The van der Waals surface area contributed by atoms with Gasteiger partial charge in [-0.15, -0.1) is 0 Å². The van der Waals surface area contributed by atoms with Crippen LogP contribution >= 0.6 is 0 Å². The van der Waals surface area contributed by atoms with Gasteiger partial charge in [-0.25, -0.2) is 5.43 Å². The van der Waals surface area contributed by atoms with Crippen molar-refractivity contribution >= 4 is 18.0 Å². The van der Waals surface area contributed by atoms with E-state index in [0.29, 0.717) is 6.61 Å². The van der Waals surface area contributed by atoms with Crippen molar-refractivity contribution in [2.45, 2.75) is 33.2 Å². The van der Waals surface area contributed by atoms with Crippen LogP contribution in [0.5, 0.6) is 5.75 Å². The number of hydrazone groups is 1. The number of ether oxygens (including phenoxy) is 1. The van der Waals surface area contributed by atoms with Crippen LogP contribution in [0.15, 0.2) is 29.4 Å². The number of rotatable bonds is 4. The third-order valence-electron chi connectivity index (χ3n) is 2.27. The Labute approximate surface area is 124 Å². The van der Waals surface area contributed by atoms with Crippen LogP contribution in [-0.4, -0.2) is 30.2 Å². The van der Waals surface area contributed by atoms with E-state index in [0.717, 1.165) is 11.3 Å². The lowest BCUT2D eigenvalue weighted by molar-refractivity contribution is -0.140. The zero-order valence-electron chi connectivity index (χ0n) is 12.8. The number of carbonyl (C=O) groups is 2. The molecule has 6 nitrogen and oxygen atoms in total. The Balaban J connectivity index is 2.50. The lowest BCUT2D eigenvalue weighted by Crippen LogP contribution is -2.47. The fourth-order valence-corrected chi connectivity index (χ4v) is 1.43. The molecule has 0 unspecified atom stereocenters. The highest BCUT2D eigenvalue weighted by atomic mass is 16.5. The van der Waals surface area contributed by atoms with Crippen LogP contribution in [0.25, 0.3) is 0 Å². The van der Waals surface area contributed by atoms with E-state index in [1.165, 1.54) is 6.21 Å².